The molecule has 30 heavy (non-hydrogen) atoms. The molecule has 0 aliphatic heterocycles. The predicted octanol–water partition coefficient (Wildman–Crippen LogP) is 4.44. The van der Waals surface area contributed by atoms with Crippen LogP contribution in [-0.4, -0.2) is 36.2 Å². The molecule has 2 aromatic carbocycles. The Balaban J connectivity index is 1.23. The van der Waals surface area contributed by atoms with Gasteiger partial charge in [0.15, 0.2) is 0 Å². The molecule has 148 valence electrons. The van der Waals surface area contributed by atoms with Crippen molar-refractivity contribution in [3.63, 3.8) is 0 Å². The SMILES string of the molecule is Cc1ccc2nc(-c3ccc(NC(=O)CSc4nc5ncccn5n4)cc3)sc2c1. The maximum Gasteiger partial charge on any atom is 0.253 e. The Morgan fingerprint density at radius 2 is 2.03 bits per heavy atom. The number of carbonyl (C=O) groups is 1. The van der Waals surface area contributed by atoms with Crippen molar-refractivity contribution < 1.29 is 4.79 Å². The van der Waals surface area contributed by atoms with Crippen molar-refractivity contribution in [3.8, 4) is 10.6 Å². The molecule has 0 aliphatic carbocycles. The van der Waals surface area contributed by atoms with Gasteiger partial charge in [-0.05, 0) is 55.0 Å². The number of benzene rings is 2. The fraction of sp³-hybridized carbons (Fsp3) is 0.0952. The van der Waals surface area contributed by atoms with Crippen molar-refractivity contribution in [1.82, 2.24) is 24.6 Å². The quantitative estimate of drug-likeness (QED) is 0.413. The van der Waals surface area contributed by atoms with Gasteiger partial charge >= 0.3 is 0 Å². The third kappa shape index (κ3) is 3.89. The maximum absolute atomic E-state index is 12.3. The van der Waals surface area contributed by atoms with Gasteiger partial charge in [0.1, 0.15) is 5.01 Å². The zero-order valence-corrected chi connectivity index (χ0v) is 17.6. The van der Waals surface area contributed by atoms with Gasteiger partial charge in [-0.1, -0.05) is 17.8 Å². The Labute approximate surface area is 180 Å². The van der Waals surface area contributed by atoms with Gasteiger partial charge in [0, 0.05) is 23.6 Å². The number of amides is 1. The Bertz CT molecular complexity index is 1330. The lowest BCUT2D eigenvalue weighted by Gasteiger charge is -2.05. The van der Waals surface area contributed by atoms with Crippen LogP contribution in [-0.2, 0) is 4.79 Å². The number of fused-ring (bicyclic) bond motifs is 2. The van der Waals surface area contributed by atoms with Gasteiger partial charge in [-0.3, -0.25) is 4.79 Å². The van der Waals surface area contributed by atoms with Crippen molar-refractivity contribution in [2.75, 3.05) is 11.1 Å². The second-order valence-electron chi connectivity index (χ2n) is 6.66. The van der Waals surface area contributed by atoms with Crippen molar-refractivity contribution in [2.24, 2.45) is 0 Å². The number of hydrogen-bond donors (Lipinski definition) is 1. The van der Waals surface area contributed by atoms with E-state index in [1.807, 2.05) is 30.3 Å². The summed E-state index contributed by atoms with van der Waals surface area (Å²) >= 11 is 2.94. The standard InChI is InChI=1S/C21H16N6OS2/c1-13-3-8-16-17(11-13)30-19(24-16)14-4-6-15(7-5-14)23-18(28)12-29-21-25-20-22-9-2-10-27(20)26-21/h2-11H,12H2,1H3,(H,23,28). The van der Waals surface area contributed by atoms with E-state index in [-0.39, 0.29) is 11.7 Å². The number of carbonyl (C=O) groups excluding carboxylic acids is 1. The van der Waals surface area contributed by atoms with E-state index >= 15 is 0 Å². The highest BCUT2D eigenvalue weighted by molar-refractivity contribution is 7.99. The van der Waals surface area contributed by atoms with Gasteiger partial charge in [0.05, 0.1) is 16.0 Å². The lowest BCUT2D eigenvalue weighted by Crippen LogP contribution is -2.14. The van der Waals surface area contributed by atoms with E-state index < -0.39 is 0 Å². The van der Waals surface area contributed by atoms with Crippen LogP contribution >= 0.6 is 23.1 Å². The number of aryl methyl sites for hydroxylation is 1. The number of thioether (sulfide) groups is 1. The van der Waals surface area contributed by atoms with E-state index in [0.29, 0.717) is 10.9 Å². The van der Waals surface area contributed by atoms with Gasteiger partial charge in [-0.25, -0.2) is 14.5 Å². The molecule has 7 nitrogen and oxygen atoms in total. The van der Waals surface area contributed by atoms with Gasteiger partial charge in [0.2, 0.25) is 11.1 Å². The van der Waals surface area contributed by atoms with Gasteiger partial charge in [0.25, 0.3) is 5.78 Å². The first-order chi connectivity index (χ1) is 14.6. The zero-order chi connectivity index (χ0) is 20.5. The number of nitrogens with one attached hydrogen (secondary N) is 1. The highest BCUT2D eigenvalue weighted by atomic mass is 32.2. The second kappa shape index (κ2) is 7.85. The lowest BCUT2D eigenvalue weighted by atomic mass is 10.2. The third-order valence-corrected chi connectivity index (χ3v) is 6.29. The molecule has 0 bridgehead atoms. The average molecular weight is 433 g/mol. The van der Waals surface area contributed by atoms with Gasteiger partial charge < -0.3 is 5.32 Å². The molecule has 0 atom stereocenters. The van der Waals surface area contributed by atoms with Gasteiger partial charge in [-0.2, -0.15) is 4.98 Å². The smallest absolute Gasteiger partial charge is 0.253 e. The normalized spacial score (nSPS) is 11.2. The highest BCUT2D eigenvalue weighted by Crippen LogP contribution is 2.31. The van der Waals surface area contributed by atoms with Crippen LogP contribution in [0.2, 0.25) is 0 Å². The first-order valence-electron chi connectivity index (χ1n) is 9.22. The van der Waals surface area contributed by atoms with Crippen LogP contribution in [0, 0.1) is 6.92 Å². The van der Waals surface area contributed by atoms with E-state index in [9.17, 15) is 4.79 Å². The Morgan fingerprint density at radius 3 is 2.87 bits per heavy atom. The number of thiazole rings is 1. The first-order valence-corrected chi connectivity index (χ1v) is 11.0. The van der Waals surface area contributed by atoms with Crippen molar-refractivity contribution in [3.05, 3.63) is 66.5 Å². The second-order valence-corrected chi connectivity index (χ2v) is 8.64. The molecule has 0 saturated heterocycles. The minimum Gasteiger partial charge on any atom is -0.325 e. The maximum atomic E-state index is 12.3. The van der Waals surface area contributed by atoms with Crippen LogP contribution in [0.1, 0.15) is 5.56 Å². The van der Waals surface area contributed by atoms with Crippen molar-refractivity contribution >= 4 is 50.7 Å². The molecule has 0 unspecified atom stereocenters. The molecule has 1 amide bonds. The van der Waals surface area contributed by atoms with E-state index in [1.165, 1.54) is 22.0 Å². The molecule has 0 aliphatic rings. The fourth-order valence-electron chi connectivity index (χ4n) is 2.95. The molecule has 0 fully saturated rings. The molecule has 9 heteroatoms. The van der Waals surface area contributed by atoms with Gasteiger partial charge in [-0.15, -0.1) is 16.4 Å². The average Bonchev–Trinajstić information content (AvgIpc) is 3.36. The number of anilines is 1. The first kappa shape index (κ1) is 18.7. The highest BCUT2D eigenvalue weighted by Gasteiger charge is 2.10. The van der Waals surface area contributed by atoms with E-state index in [0.717, 1.165) is 21.8 Å². The molecular weight excluding hydrogens is 416 g/mol. The Hall–Kier alpha value is -3.30. The minimum atomic E-state index is -0.116. The van der Waals surface area contributed by atoms with Crippen LogP contribution in [0.25, 0.3) is 26.6 Å². The van der Waals surface area contributed by atoms with E-state index in [4.69, 9.17) is 4.98 Å². The number of hydrogen-bond acceptors (Lipinski definition) is 7. The fourth-order valence-corrected chi connectivity index (χ4v) is 4.65. The number of aromatic nitrogens is 5. The van der Waals surface area contributed by atoms with Crippen LogP contribution in [0.15, 0.2) is 66.1 Å². The summed E-state index contributed by atoms with van der Waals surface area (Å²) in [6.45, 7) is 2.08. The molecule has 0 spiro atoms. The largest absolute Gasteiger partial charge is 0.325 e. The van der Waals surface area contributed by atoms with E-state index in [1.54, 1.807) is 34.3 Å². The summed E-state index contributed by atoms with van der Waals surface area (Å²) in [7, 11) is 0. The third-order valence-electron chi connectivity index (χ3n) is 4.39. The number of nitrogens with zero attached hydrogens (tertiary/aromatic N) is 5. The van der Waals surface area contributed by atoms with Crippen molar-refractivity contribution in [2.45, 2.75) is 12.1 Å². The molecule has 3 heterocycles. The van der Waals surface area contributed by atoms with Crippen LogP contribution < -0.4 is 5.32 Å². The summed E-state index contributed by atoms with van der Waals surface area (Å²) in [5.74, 6) is 0.617. The summed E-state index contributed by atoms with van der Waals surface area (Å²) < 4.78 is 2.76. The summed E-state index contributed by atoms with van der Waals surface area (Å²) in [5.41, 5.74) is 4.00. The summed E-state index contributed by atoms with van der Waals surface area (Å²) in [5, 5.41) is 8.67. The minimum absolute atomic E-state index is 0.116. The Morgan fingerprint density at radius 1 is 1.17 bits per heavy atom. The zero-order valence-electron chi connectivity index (χ0n) is 15.9. The van der Waals surface area contributed by atoms with E-state index in [2.05, 4.69) is 39.4 Å². The monoisotopic (exact) mass is 432 g/mol. The summed E-state index contributed by atoms with van der Waals surface area (Å²) in [4.78, 5) is 25.4. The summed E-state index contributed by atoms with van der Waals surface area (Å²) in [6.07, 6.45) is 3.43. The topological polar surface area (TPSA) is 85.1 Å². The molecule has 0 radical (unpaired) electrons. The lowest BCUT2D eigenvalue weighted by molar-refractivity contribution is -0.113. The molecule has 5 aromatic rings. The van der Waals surface area contributed by atoms with Crippen LogP contribution in [0.5, 0.6) is 0 Å². The molecule has 3 aromatic heterocycles. The molecular formula is C21H16N6OS2. The molecule has 5 rings (SSSR count). The summed E-state index contributed by atoms with van der Waals surface area (Å²) in [6, 6.07) is 15.8. The molecule has 1 N–H and O–H groups in total. The van der Waals surface area contributed by atoms with Crippen LogP contribution in [0.3, 0.4) is 0 Å². The molecule has 0 saturated carbocycles. The Kier molecular flexibility index (Phi) is 4.89. The number of rotatable bonds is 5. The predicted molar refractivity (Wildman–Crippen MR) is 120 cm³/mol. The van der Waals surface area contributed by atoms with Crippen LogP contribution in [0.4, 0.5) is 5.69 Å². The van der Waals surface area contributed by atoms with Crippen molar-refractivity contribution in [1.29, 1.82) is 0 Å².